The van der Waals surface area contributed by atoms with Gasteiger partial charge in [-0.15, -0.1) is 11.6 Å². The summed E-state index contributed by atoms with van der Waals surface area (Å²) in [7, 11) is 0. The van der Waals surface area contributed by atoms with Crippen LogP contribution in [0.15, 0.2) is 12.4 Å². The van der Waals surface area contributed by atoms with Gasteiger partial charge in [0.25, 0.3) is 5.91 Å². The Kier molecular flexibility index (Phi) is 8.46. The Balaban J connectivity index is 1.31. The summed E-state index contributed by atoms with van der Waals surface area (Å²) in [5.41, 5.74) is 5.18. The summed E-state index contributed by atoms with van der Waals surface area (Å²) >= 11 is 11.8. The van der Waals surface area contributed by atoms with Crippen LogP contribution in [0.5, 0.6) is 0 Å². The molecular weight excluding hydrogens is 435 g/mol. The van der Waals surface area contributed by atoms with Gasteiger partial charge in [0.2, 0.25) is 11.9 Å². The Bertz CT molecular complexity index is 717. The maximum atomic E-state index is 12.4. The van der Waals surface area contributed by atoms with Crippen LogP contribution < -0.4 is 15.8 Å². The fraction of sp³-hybridized carbons (Fsp3) is 0.667. The van der Waals surface area contributed by atoms with Crippen LogP contribution in [0.1, 0.15) is 13.3 Å². The van der Waals surface area contributed by atoms with E-state index in [9.17, 15) is 9.59 Å². The lowest BCUT2D eigenvalue weighted by atomic mass is 10.2. The number of hydrogen-bond donors (Lipinski definition) is 2. The second-order valence-electron chi connectivity index (χ2n) is 7.14. The van der Waals surface area contributed by atoms with E-state index >= 15 is 0 Å². The molecule has 0 bridgehead atoms. The molecule has 30 heavy (non-hydrogen) atoms. The molecule has 2 N–H and O–H groups in total. The molecule has 2 aliphatic heterocycles. The molecule has 0 spiro atoms. The zero-order chi connectivity index (χ0) is 21.5. The van der Waals surface area contributed by atoms with Gasteiger partial charge in [0.1, 0.15) is 5.38 Å². The normalized spacial score (nSPS) is 23.2. The Morgan fingerprint density at radius 3 is 2.70 bits per heavy atom. The first kappa shape index (κ1) is 23.0. The molecule has 166 valence electrons. The van der Waals surface area contributed by atoms with Crippen LogP contribution in [0.25, 0.3) is 0 Å². The van der Waals surface area contributed by atoms with Crippen LogP contribution in [-0.4, -0.2) is 90.2 Å². The number of hydrogen-bond acceptors (Lipinski definition) is 8. The second kappa shape index (κ2) is 11.1. The molecular formula is C18H26Cl2N6O4. The number of carbonyl (C=O) groups excluding carboxylic acids is 2. The van der Waals surface area contributed by atoms with Gasteiger partial charge >= 0.3 is 0 Å². The summed E-state index contributed by atoms with van der Waals surface area (Å²) in [6, 6.07) is 0. The van der Waals surface area contributed by atoms with E-state index in [4.69, 9.17) is 32.7 Å². The van der Waals surface area contributed by atoms with Crippen molar-refractivity contribution < 1.29 is 19.1 Å². The van der Waals surface area contributed by atoms with Crippen molar-refractivity contribution in [3.05, 3.63) is 17.4 Å². The number of rotatable bonds is 8. The standard InChI is InChI=1S/C18H26Cl2N6O4/c1-12(11-30-14-10-23-24-17(28)16(14)20)29-7-2-15(27)25-3-5-26(6-4-25)18-21-8-13(19)9-22-18/h8-9,12,14,16,23H,2-7,10-11H2,1H3,(H,24,28)/t12-,14?,16?/m1/s1. The van der Waals surface area contributed by atoms with Crippen LogP contribution in [0.3, 0.4) is 0 Å². The highest BCUT2D eigenvalue weighted by Crippen LogP contribution is 2.14. The van der Waals surface area contributed by atoms with Crippen LogP contribution >= 0.6 is 23.2 Å². The van der Waals surface area contributed by atoms with E-state index in [0.29, 0.717) is 56.7 Å². The summed E-state index contributed by atoms with van der Waals surface area (Å²) < 4.78 is 11.3. The number of piperazine rings is 1. The van der Waals surface area contributed by atoms with Crippen molar-refractivity contribution in [1.29, 1.82) is 0 Å². The molecule has 0 saturated carbocycles. The lowest BCUT2D eigenvalue weighted by molar-refractivity contribution is -0.134. The van der Waals surface area contributed by atoms with Crippen LogP contribution in [0, 0.1) is 0 Å². The second-order valence-corrected chi connectivity index (χ2v) is 8.05. The summed E-state index contributed by atoms with van der Waals surface area (Å²) in [4.78, 5) is 36.2. The number of aromatic nitrogens is 2. The maximum absolute atomic E-state index is 12.4. The Labute approximate surface area is 185 Å². The largest absolute Gasteiger partial charge is 0.376 e. The number of amides is 2. The average molecular weight is 461 g/mol. The molecule has 3 atom stereocenters. The fourth-order valence-corrected chi connectivity index (χ4v) is 3.47. The van der Waals surface area contributed by atoms with Gasteiger partial charge in [-0.25, -0.2) is 15.4 Å². The van der Waals surface area contributed by atoms with E-state index in [1.165, 1.54) is 0 Å². The van der Waals surface area contributed by atoms with Gasteiger partial charge in [-0.05, 0) is 6.92 Å². The Morgan fingerprint density at radius 1 is 1.30 bits per heavy atom. The number of carbonyl (C=O) groups is 2. The monoisotopic (exact) mass is 460 g/mol. The zero-order valence-electron chi connectivity index (χ0n) is 16.7. The molecule has 10 nitrogen and oxygen atoms in total. The fourth-order valence-electron chi connectivity index (χ4n) is 3.16. The number of halogens is 2. The van der Waals surface area contributed by atoms with Crippen LogP contribution in [-0.2, 0) is 19.1 Å². The third-order valence-corrected chi connectivity index (χ3v) is 5.55. The van der Waals surface area contributed by atoms with Gasteiger partial charge in [0.15, 0.2) is 0 Å². The summed E-state index contributed by atoms with van der Waals surface area (Å²) in [5, 5.41) is -0.243. The minimum atomic E-state index is -0.739. The Hall–Kier alpha value is -1.72. The van der Waals surface area contributed by atoms with Crippen LogP contribution in [0.4, 0.5) is 5.95 Å². The summed E-state index contributed by atoms with van der Waals surface area (Å²) in [6.07, 6.45) is 2.79. The predicted molar refractivity (Wildman–Crippen MR) is 111 cm³/mol. The lowest BCUT2D eigenvalue weighted by Crippen LogP contribution is -2.57. The van der Waals surface area contributed by atoms with Crippen molar-refractivity contribution in [2.24, 2.45) is 0 Å². The van der Waals surface area contributed by atoms with E-state index in [0.717, 1.165) is 0 Å². The predicted octanol–water partition coefficient (Wildman–Crippen LogP) is 0.201. The molecule has 0 aliphatic carbocycles. The van der Waals surface area contributed by atoms with E-state index in [1.807, 2.05) is 16.7 Å². The van der Waals surface area contributed by atoms with Crippen molar-refractivity contribution in [2.45, 2.75) is 30.9 Å². The van der Waals surface area contributed by atoms with E-state index in [1.54, 1.807) is 12.4 Å². The van der Waals surface area contributed by atoms with E-state index in [2.05, 4.69) is 20.8 Å². The minimum Gasteiger partial charge on any atom is -0.376 e. The summed E-state index contributed by atoms with van der Waals surface area (Å²) in [6.45, 7) is 5.43. The van der Waals surface area contributed by atoms with Crippen molar-refractivity contribution in [1.82, 2.24) is 25.7 Å². The molecule has 2 saturated heterocycles. The number of nitrogens with zero attached hydrogens (tertiary/aromatic N) is 4. The first-order chi connectivity index (χ1) is 14.4. The third-order valence-electron chi connectivity index (χ3n) is 4.88. The molecule has 3 rings (SSSR count). The van der Waals surface area contributed by atoms with E-state index < -0.39 is 11.5 Å². The molecule has 1 aromatic rings. The number of ether oxygens (including phenoxy) is 2. The highest BCUT2D eigenvalue weighted by atomic mass is 35.5. The van der Waals surface area contributed by atoms with Crippen LogP contribution in [0.2, 0.25) is 5.02 Å². The van der Waals surface area contributed by atoms with Gasteiger partial charge in [0.05, 0.1) is 49.3 Å². The highest BCUT2D eigenvalue weighted by Gasteiger charge is 2.31. The topological polar surface area (TPSA) is 109 Å². The Morgan fingerprint density at radius 2 is 2.00 bits per heavy atom. The molecule has 0 radical (unpaired) electrons. The molecule has 2 unspecified atom stereocenters. The SMILES string of the molecule is C[C@H](COC1CNNC(=O)C1Cl)OCCC(=O)N1CCN(c2ncc(Cl)cn2)CC1. The molecule has 2 amide bonds. The van der Waals surface area contributed by atoms with Gasteiger partial charge in [-0.2, -0.15) is 0 Å². The van der Waals surface area contributed by atoms with E-state index in [-0.39, 0.29) is 24.5 Å². The third kappa shape index (κ3) is 6.39. The quantitative estimate of drug-likeness (QED) is 0.529. The van der Waals surface area contributed by atoms with Gasteiger partial charge in [-0.1, -0.05) is 11.6 Å². The molecule has 12 heteroatoms. The number of nitrogens with one attached hydrogen (secondary N) is 2. The maximum Gasteiger partial charge on any atom is 0.254 e. The average Bonchev–Trinajstić information content (AvgIpc) is 2.75. The number of alkyl halides is 1. The number of anilines is 1. The highest BCUT2D eigenvalue weighted by molar-refractivity contribution is 6.31. The van der Waals surface area contributed by atoms with Crippen molar-refractivity contribution >= 4 is 41.0 Å². The molecule has 2 aliphatic rings. The van der Waals surface area contributed by atoms with Gasteiger partial charge < -0.3 is 19.3 Å². The minimum absolute atomic E-state index is 0.0498. The molecule has 0 aromatic carbocycles. The van der Waals surface area contributed by atoms with Crippen molar-refractivity contribution in [2.75, 3.05) is 50.8 Å². The molecule has 2 fully saturated rings. The first-order valence-corrected chi connectivity index (χ1v) is 10.7. The lowest BCUT2D eigenvalue weighted by Gasteiger charge is -2.34. The number of hydrazine groups is 1. The zero-order valence-corrected chi connectivity index (χ0v) is 18.2. The van der Waals surface area contributed by atoms with Crippen molar-refractivity contribution in [3.63, 3.8) is 0 Å². The molecule has 3 heterocycles. The summed E-state index contributed by atoms with van der Waals surface area (Å²) in [5.74, 6) is 0.358. The first-order valence-electron chi connectivity index (χ1n) is 9.84. The molecule has 1 aromatic heterocycles. The smallest absolute Gasteiger partial charge is 0.254 e. The van der Waals surface area contributed by atoms with Crippen molar-refractivity contribution in [3.8, 4) is 0 Å². The van der Waals surface area contributed by atoms with Gasteiger partial charge in [-0.3, -0.25) is 15.0 Å². The van der Waals surface area contributed by atoms with Gasteiger partial charge in [0, 0.05) is 32.7 Å².